The third kappa shape index (κ3) is 4.12. The molecule has 1 N–H and O–H groups in total. The molecule has 0 saturated carbocycles. The fourth-order valence-corrected chi connectivity index (χ4v) is 3.09. The van der Waals surface area contributed by atoms with Gasteiger partial charge < -0.3 is 5.32 Å². The van der Waals surface area contributed by atoms with Gasteiger partial charge in [-0.25, -0.2) is 0 Å². The molecule has 2 aromatic rings. The molecule has 20 heavy (non-hydrogen) atoms. The van der Waals surface area contributed by atoms with Gasteiger partial charge in [-0.15, -0.1) is 5.10 Å². The maximum atomic E-state index is 4.31. The average molecular weight is 289 g/mol. The van der Waals surface area contributed by atoms with Gasteiger partial charge in [-0.2, -0.15) is 0 Å². The Labute approximate surface area is 125 Å². The molecule has 1 unspecified atom stereocenters. The second kappa shape index (κ2) is 8.12. The second-order valence-electron chi connectivity index (χ2n) is 5.03. The minimum atomic E-state index is 0.332. The van der Waals surface area contributed by atoms with Gasteiger partial charge in [0, 0.05) is 6.04 Å². The number of nitrogens with one attached hydrogen (secondary N) is 1. The van der Waals surface area contributed by atoms with Gasteiger partial charge in [0.2, 0.25) is 0 Å². The molecule has 1 aromatic heterocycles. The van der Waals surface area contributed by atoms with Crippen molar-refractivity contribution in [3.63, 3.8) is 0 Å². The number of rotatable bonds is 8. The lowest BCUT2D eigenvalue weighted by Gasteiger charge is -2.18. The van der Waals surface area contributed by atoms with Crippen LogP contribution in [0.25, 0.3) is 0 Å². The van der Waals surface area contributed by atoms with Gasteiger partial charge in [-0.05, 0) is 42.9 Å². The van der Waals surface area contributed by atoms with Gasteiger partial charge in [0.15, 0.2) is 0 Å². The van der Waals surface area contributed by atoms with Crippen molar-refractivity contribution in [2.45, 2.75) is 45.6 Å². The average Bonchev–Trinajstić information content (AvgIpc) is 2.93. The minimum Gasteiger partial charge on any atom is -0.309 e. The molecule has 3 nitrogen and oxygen atoms in total. The molecule has 108 valence electrons. The van der Waals surface area contributed by atoms with E-state index in [9.17, 15) is 0 Å². The van der Waals surface area contributed by atoms with Gasteiger partial charge >= 0.3 is 0 Å². The van der Waals surface area contributed by atoms with E-state index in [-0.39, 0.29) is 0 Å². The summed E-state index contributed by atoms with van der Waals surface area (Å²) in [5, 5.41) is 7.95. The lowest BCUT2D eigenvalue weighted by molar-refractivity contribution is 0.531. The third-order valence-electron chi connectivity index (χ3n) is 3.31. The summed E-state index contributed by atoms with van der Waals surface area (Å²) >= 11 is 1.54. The predicted molar refractivity (Wildman–Crippen MR) is 85.1 cm³/mol. The molecular weight excluding hydrogens is 266 g/mol. The van der Waals surface area contributed by atoms with E-state index in [1.807, 2.05) is 0 Å². The summed E-state index contributed by atoms with van der Waals surface area (Å²) in [6, 6.07) is 11.0. The highest BCUT2D eigenvalue weighted by Crippen LogP contribution is 2.25. The Hall–Kier alpha value is -1.26. The molecule has 0 saturated heterocycles. The van der Waals surface area contributed by atoms with Crippen LogP contribution in [-0.2, 0) is 12.8 Å². The highest BCUT2D eigenvalue weighted by atomic mass is 32.1. The lowest BCUT2D eigenvalue weighted by atomic mass is 10.0. The largest absolute Gasteiger partial charge is 0.309 e. The highest BCUT2D eigenvalue weighted by molar-refractivity contribution is 7.05. The smallest absolute Gasteiger partial charge is 0.0803 e. The van der Waals surface area contributed by atoms with Crippen molar-refractivity contribution >= 4 is 11.5 Å². The van der Waals surface area contributed by atoms with Crippen molar-refractivity contribution in [3.8, 4) is 0 Å². The number of nitrogens with zero attached hydrogens (tertiary/aromatic N) is 2. The van der Waals surface area contributed by atoms with Crippen molar-refractivity contribution in [2.24, 2.45) is 0 Å². The van der Waals surface area contributed by atoms with E-state index in [1.54, 1.807) is 11.5 Å². The van der Waals surface area contributed by atoms with E-state index in [4.69, 9.17) is 0 Å². The van der Waals surface area contributed by atoms with Crippen LogP contribution in [0.5, 0.6) is 0 Å². The fraction of sp³-hybridized carbons (Fsp3) is 0.500. The highest BCUT2D eigenvalue weighted by Gasteiger charge is 2.18. The summed E-state index contributed by atoms with van der Waals surface area (Å²) in [6.07, 6.45) is 4.28. The standard InChI is InChI=1S/C16H23N3S/c1-3-8-14-16(20-19-18-14)15(17-11-4-2)12-13-9-6-5-7-10-13/h5-7,9-10,15,17H,3-4,8,11-12H2,1-2H3. The van der Waals surface area contributed by atoms with Crippen molar-refractivity contribution in [1.82, 2.24) is 14.9 Å². The van der Waals surface area contributed by atoms with Crippen LogP contribution in [0, 0.1) is 0 Å². The normalized spacial score (nSPS) is 12.5. The molecule has 0 amide bonds. The Bertz CT molecular complexity index is 495. The van der Waals surface area contributed by atoms with Gasteiger partial charge in [-0.1, -0.05) is 55.1 Å². The molecule has 1 atom stereocenters. The predicted octanol–water partition coefficient (Wildman–Crippen LogP) is 3.77. The molecule has 1 aromatic carbocycles. The van der Waals surface area contributed by atoms with Gasteiger partial charge in [0.05, 0.1) is 10.6 Å². The van der Waals surface area contributed by atoms with Crippen LogP contribution in [0.15, 0.2) is 30.3 Å². The maximum absolute atomic E-state index is 4.31. The minimum absolute atomic E-state index is 0.332. The van der Waals surface area contributed by atoms with E-state index in [2.05, 4.69) is 59.1 Å². The summed E-state index contributed by atoms with van der Waals surface area (Å²) in [4.78, 5) is 1.31. The van der Waals surface area contributed by atoms with E-state index >= 15 is 0 Å². The molecule has 0 radical (unpaired) electrons. The Morgan fingerprint density at radius 1 is 1.15 bits per heavy atom. The number of benzene rings is 1. The first-order valence-corrected chi connectivity index (χ1v) is 8.20. The molecule has 0 aliphatic carbocycles. The molecule has 0 aliphatic rings. The van der Waals surface area contributed by atoms with Crippen LogP contribution >= 0.6 is 11.5 Å². The number of hydrogen-bond donors (Lipinski definition) is 1. The zero-order chi connectivity index (χ0) is 14.2. The van der Waals surface area contributed by atoms with Crippen LogP contribution in [-0.4, -0.2) is 16.1 Å². The summed E-state index contributed by atoms with van der Waals surface area (Å²) in [6.45, 7) is 5.42. The maximum Gasteiger partial charge on any atom is 0.0803 e. The molecule has 4 heteroatoms. The first-order valence-electron chi connectivity index (χ1n) is 7.43. The Kier molecular flexibility index (Phi) is 6.15. The molecule has 0 fully saturated rings. The van der Waals surface area contributed by atoms with E-state index in [1.165, 1.54) is 16.1 Å². The first kappa shape index (κ1) is 15.1. The Balaban J connectivity index is 2.16. The fourth-order valence-electron chi connectivity index (χ4n) is 2.32. The van der Waals surface area contributed by atoms with Crippen molar-refractivity contribution in [1.29, 1.82) is 0 Å². The van der Waals surface area contributed by atoms with Gasteiger partial charge in [0.25, 0.3) is 0 Å². The number of aryl methyl sites for hydroxylation is 1. The van der Waals surface area contributed by atoms with Gasteiger partial charge in [-0.3, -0.25) is 0 Å². The summed E-state index contributed by atoms with van der Waals surface area (Å²) < 4.78 is 4.16. The molecule has 0 aliphatic heterocycles. The van der Waals surface area contributed by atoms with Crippen LogP contribution in [0.3, 0.4) is 0 Å². The monoisotopic (exact) mass is 289 g/mol. The molecule has 0 bridgehead atoms. The quantitative estimate of drug-likeness (QED) is 0.804. The molecule has 2 rings (SSSR count). The Morgan fingerprint density at radius 3 is 2.65 bits per heavy atom. The van der Waals surface area contributed by atoms with E-state index in [0.717, 1.165) is 32.2 Å². The second-order valence-corrected chi connectivity index (χ2v) is 5.82. The zero-order valence-electron chi connectivity index (χ0n) is 12.3. The number of aromatic nitrogens is 2. The number of hydrogen-bond acceptors (Lipinski definition) is 4. The summed E-state index contributed by atoms with van der Waals surface area (Å²) in [5.41, 5.74) is 2.53. The first-order chi connectivity index (χ1) is 9.85. The summed E-state index contributed by atoms with van der Waals surface area (Å²) in [5.74, 6) is 0. The summed E-state index contributed by atoms with van der Waals surface area (Å²) in [7, 11) is 0. The van der Waals surface area contributed by atoms with Crippen LogP contribution < -0.4 is 5.32 Å². The third-order valence-corrected chi connectivity index (χ3v) is 4.19. The van der Waals surface area contributed by atoms with E-state index < -0.39 is 0 Å². The lowest BCUT2D eigenvalue weighted by Crippen LogP contribution is -2.24. The van der Waals surface area contributed by atoms with Crippen molar-refractivity contribution in [2.75, 3.05) is 6.54 Å². The Morgan fingerprint density at radius 2 is 1.95 bits per heavy atom. The van der Waals surface area contributed by atoms with Crippen molar-refractivity contribution < 1.29 is 0 Å². The van der Waals surface area contributed by atoms with E-state index in [0.29, 0.717) is 6.04 Å². The van der Waals surface area contributed by atoms with Crippen molar-refractivity contribution in [3.05, 3.63) is 46.5 Å². The zero-order valence-corrected chi connectivity index (χ0v) is 13.1. The molecular formula is C16H23N3S. The molecule has 0 spiro atoms. The van der Waals surface area contributed by atoms with Crippen LogP contribution in [0.2, 0.25) is 0 Å². The van der Waals surface area contributed by atoms with Crippen LogP contribution in [0.1, 0.15) is 48.9 Å². The van der Waals surface area contributed by atoms with Gasteiger partial charge in [0.1, 0.15) is 0 Å². The topological polar surface area (TPSA) is 37.8 Å². The molecule has 1 heterocycles. The van der Waals surface area contributed by atoms with Crippen LogP contribution in [0.4, 0.5) is 0 Å². The SMILES string of the molecule is CCCNC(Cc1ccccc1)c1snnc1CCC.